The van der Waals surface area contributed by atoms with Gasteiger partial charge in [0.2, 0.25) is 0 Å². The fourth-order valence-electron chi connectivity index (χ4n) is 1.81. The van der Waals surface area contributed by atoms with E-state index >= 15 is 0 Å². The van der Waals surface area contributed by atoms with Crippen LogP contribution in [0.15, 0.2) is 10.5 Å². The van der Waals surface area contributed by atoms with E-state index in [1.807, 2.05) is 0 Å². The van der Waals surface area contributed by atoms with Crippen LogP contribution in [0.1, 0.15) is 21.9 Å². The van der Waals surface area contributed by atoms with Crippen LogP contribution < -0.4 is 0 Å². The van der Waals surface area contributed by atoms with Gasteiger partial charge in [-0.15, -0.1) is 12.4 Å². The fourth-order valence-corrected chi connectivity index (χ4v) is 1.81. The largest absolute Gasteiger partial charge is 0.478 e. The van der Waals surface area contributed by atoms with E-state index in [1.165, 1.54) is 0 Å². The average Bonchev–Trinajstić information content (AvgIpc) is 2.61. The molecule has 0 radical (unpaired) electrons. The van der Waals surface area contributed by atoms with Gasteiger partial charge in [0.15, 0.2) is 0 Å². The summed E-state index contributed by atoms with van der Waals surface area (Å²) in [6.07, 6.45) is 0. The van der Waals surface area contributed by atoms with Crippen LogP contribution in [0.5, 0.6) is 0 Å². The molecule has 0 bridgehead atoms. The molecular weight excluding hydrogens is 246 g/mol. The molecule has 5 nitrogen and oxygen atoms in total. The number of carboxylic acid groups (broad SMARTS) is 1. The molecule has 0 amide bonds. The molecule has 1 fully saturated rings. The third-order valence-corrected chi connectivity index (χ3v) is 2.68. The molecule has 1 N–H and O–H groups in total. The van der Waals surface area contributed by atoms with Crippen molar-refractivity contribution in [2.45, 2.75) is 13.5 Å². The zero-order valence-electron chi connectivity index (χ0n) is 9.64. The van der Waals surface area contributed by atoms with Crippen molar-refractivity contribution in [2.24, 2.45) is 0 Å². The zero-order chi connectivity index (χ0) is 11.5. The SMILES string of the molecule is Cc1oc(CN2CCOCC2)cc1C(=O)O.Cl. The van der Waals surface area contributed by atoms with Gasteiger partial charge in [-0.05, 0) is 13.0 Å². The van der Waals surface area contributed by atoms with Crippen molar-refractivity contribution in [3.8, 4) is 0 Å². The molecule has 1 saturated heterocycles. The van der Waals surface area contributed by atoms with Gasteiger partial charge in [-0.25, -0.2) is 4.79 Å². The average molecular weight is 262 g/mol. The molecule has 0 spiro atoms. The molecule has 0 aliphatic carbocycles. The second kappa shape index (κ2) is 6.05. The van der Waals surface area contributed by atoms with Crippen LogP contribution in [0.25, 0.3) is 0 Å². The number of nitrogens with zero attached hydrogens (tertiary/aromatic N) is 1. The highest BCUT2D eigenvalue weighted by atomic mass is 35.5. The minimum Gasteiger partial charge on any atom is -0.478 e. The summed E-state index contributed by atoms with van der Waals surface area (Å²) in [5.74, 6) is 0.238. The van der Waals surface area contributed by atoms with Crippen molar-refractivity contribution in [3.63, 3.8) is 0 Å². The van der Waals surface area contributed by atoms with Crippen molar-refractivity contribution in [1.29, 1.82) is 0 Å². The lowest BCUT2D eigenvalue weighted by Crippen LogP contribution is -2.35. The first-order valence-corrected chi connectivity index (χ1v) is 5.29. The van der Waals surface area contributed by atoms with Gasteiger partial charge in [-0.2, -0.15) is 0 Å². The molecule has 0 unspecified atom stereocenters. The predicted octanol–water partition coefficient (Wildman–Crippen LogP) is 1.54. The molecule has 96 valence electrons. The van der Waals surface area contributed by atoms with Crippen molar-refractivity contribution in [2.75, 3.05) is 26.3 Å². The Morgan fingerprint density at radius 3 is 2.65 bits per heavy atom. The van der Waals surface area contributed by atoms with Crippen molar-refractivity contribution in [3.05, 3.63) is 23.2 Å². The van der Waals surface area contributed by atoms with Crippen molar-refractivity contribution in [1.82, 2.24) is 4.90 Å². The Balaban J connectivity index is 0.00000144. The van der Waals surface area contributed by atoms with Gasteiger partial charge in [0.1, 0.15) is 17.1 Å². The fraction of sp³-hybridized carbons (Fsp3) is 0.545. The lowest BCUT2D eigenvalue weighted by molar-refractivity contribution is 0.0312. The van der Waals surface area contributed by atoms with Gasteiger partial charge in [0.25, 0.3) is 0 Å². The number of carboxylic acids is 1. The number of aromatic carboxylic acids is 1. The maximum absolute atomic E-state index is 10.8. The number of aryl methyl sites for hydroxylation is 1. The third kappa shape index (κ3) is 3.46. The monoisotopic (exact) mass is 261 g/mol. The van der Waals surface area contributed by atoms with Gasteiger partial charge in [-0.1, -0.05) is 0 Å². The summed E-state index contributed by atoms with van der Waals surface area (Å²) in [6.45, 7) is 5.50. The highest BCUT2D eigenvalue weighted by Crippen LogP contribution is 2.16. The number of furan rings is 1. The second-order valence-electron chi connectivity index (χ2n) is 3.88. The molecule has 2 heterocycles. The van der Waals surface area contributed by atoms with E-state index in [-0.39, 0.29) is 18.0 Å². The topological polar surface area (TPSA) is 62.9 Å². The highest BCUT2D eigenvalue weighted by molar-refractivity contribution is 5.88. The molecule has 1 aliphatic heterocycles. The number of carbonyl (C=O) groups is 1. The summed E-state index contributed by atoms with van der Waals surface area (Å²) in [4.78, 5) is 13.0. The molecule has 2 rings (SSSR count). The van der Waals surface area contributed by atoms with E-state index in [1.54, 1.807) is 13.0 Å². The molecule has 0 aromatic carbocycles. The Morgan fingerprint density at radius 2 is 2.12 bits per heavy atom. The maximum atomic E-state index is 10.8. The van der Waals surface area contributed by atoms with Crippen LogP contribution in [0, 0.1) is 6.92 Å². The molecule has 6 heteroatoms. The van der Waals surface area contributed by atoms with Gasteiger partial charge < -0.3 is 14.3 Å². The Morgan fingerprint density at radius 1 is 1.47 bits per heavy atom. The second-order valence-corrected chi connectivity index (χ2v) is 3.88. The van der Waals surface area contributed by atoms with Gasteiger partial charge in [0, 0.05) is 13.1 Å². The third-order valence-electron chi connectivity index (χ3n) is 2.68. The standard InChI is InChI=1S/C11H15NO4.ClH/c1-8-10(11(13)14)6-9(16-8)7-12-2-4-15-5-3-12;/h6H,2-5,7H2,1H3,(H,13,14);1H. The van der Waals surface area contributed by atoms with Gasteiger partial charge in [-0.3, -0.25) is 4.90 Å². The molecule has 1 aliphatic rings. The minimum atomic E-state index is -0.936. The molecule has 1 aromatic heterocycles. The van der Waals surface area contributed by atoms with E-state index in [0.29, 0.717) is 18.1 Å². The number of ether oxygens (including phenoxy) is 1. The van der Waals surface area contributed by atoms with E-state index in [9.17, 15) is 4.79 Å². The summed E-state index contributed by atoms with van der Waals surface area (Å²) < 4.78 is 10.7. The number of rotatable bonds is 3. The van der Waals surface area contributed by atoms with Crippen LogP contribution in [0.4, 0.5) is 0 Å². The van der Waals surface area contributed by atoms with Gasteiger partial charge in [0.05, 0.1) is 19.8 Å². The molecular formula is C11H16ClNO4. The Hall–Kier alpha value is -1.04. The summed E-state index contributed by atoms with van der Waals surface area (Å²) >= 11 is 0. The Kier molecular flexibility index (Phi) is 4.99. The first kappa shape index (κ1) is 14.0. The van der Waals surface area contributed by atoms with Crippen LogP contribution in [-0.2, 0) is 11.3 Å². The highest BCUT2D eigenvalue weighted by Gasteiger charge is 2.17. The summed E-state index contributed by atoms with van der Waals surface area (Å²) in [5.41, 5.74) is 0.253. The molecule has 1 aromatic rings. The first-order chi connectivity index (χ1) is 7.66. The van der Waals surface area contributed by atoms with Crippen molar-refractivity contribution < 1.29 is 19.1 Å². The smallest absolute Gasteiger partial charge is 0.339 e. The lowest BCUT2D eigenvalue weighted by Gasteiger charge is -2.25. The van der Waals surface area contributed by atoms with Gasteiger partial charge >= 0.3 is 5.97 Å². The molecule has 17 heavy (non-hydrogen) atoms. The number of hydrogen-bond donors (Lipinski definition) is 1. The normalized spacial score (nSPS) is 16.5. The van der Waals surface area contributed by atoms with Crippen LogP contribution >= 0.6 is 12.4 Å². The lowest BCUT2D eigenvalue weighted by atomic mass is 10.2. The van der Waals surface area contributed by atoms with E-state index < -0.39 is 5.97 Å². The predicted molar refractivity (Wildman–Crippen MR) is 63.7 cm³/mol. The number of halogens is 1. The quantitative estimate of drug-likeness (QED) is 0.894. The van der Waals surface area contributed by atoms with Crippen LogP contribution in [0.3, 0.4) is 0 Å². The van der Waals surface area contributed by atoms with E-state index in [2.05, 4.69) is 4.90 Å². The number of morpholine rings is 1. The molecule has 0 atom stereocenters. The van der Waals surface area contributed by atoms with Crippen LogP contribution in [0.2, 0.25) is 0 Å². The summed E-state index contributed by atoms with van der Waals surface area (Å²) in [5, 5.41) is 8.89. The summed E-state index contributed by atoms with van der Waals surface area (Å²) in [6, 6.07) is 1.60. The van der Waals surface area contributed by atoms with E-state index in [0.717, 1.165) is 26.3 Å². The minimum absolute atomic E-state index is 0. The Labute approximate surface area is 106 Å². The number of hydrogen-bond acceptors (Lipinski definition) is 4. The maximum Gasteiger partial charge on any atom is 0.339 e. The zero-order valence-corrected chi connectivity index (χ0v) is 10.5. The Bertz CT molecular complexity index is 385. The van der Waals surface area contributed by atoms with Crippen molar-refractivity contribution >= 4 is 18.4 Å². The summed E-state index contributed by atoms with van der Waals surface area (Å²) in [7, 11) is 0. The van der Waals surface area contributed by atoms with Crippen LogP contribution in [-0.4, -0.2) is 42.3 Å². The van der Waals surface area contributed by atoms with E-state index in [4.69, 9.17) is 14.3 Å². The molecule has 0 saturated carbocycles. The first-order valence-electron chi connectivity index (χ1n) is 5.29.